The van der Waals surface area contributed by atoms with E-state index in [1.807, 2.05) is 54.6 Å². The minimum atomic E-state index is -0.156. The van der Waals surface area contributed by atoms with Crippen LogP contribution in [-0.4, -0.2) is 34.5 Å². The molecule has 0 bridgehead atoms. The van der Waals surface area contributed by atoms with E-state index in [1.165, 1.54) is 0 Å². The molecule has 0 saturated carbocycles. The highest BCUT2D eigenvalue weighted by atomic mass is 35.5. The van der Waals surface area contributed by atoms with E-state index < -0.39 is 0 Å². The molecule has 9 heteroatoms. The predicted octanol–water partition coefficient (Wildman–Crippen LogP) is 5.90. The Bertz CT molecular complexity index is 1410. The van der Waals surface area contributed by atoms with E-state index in [0.717, 1.165) is 41.8 Å². The molecule has 4 aromatic rings. The van der Waals surface area contributed by atoms with Gasteiger partial charge in [0.15, 0.2) is 5.82 Å². The zero-order valence-electron chi connectivity index (χ0n) is 19.6. The van der Waals surface area contributed by atoms with Crippen LogP contribution in [-0.2, 0) is 13.0 Å². The Hall–Kier alpha value is -3.68. The lowest BCUT2D eigenvalue weighted by Crippen LogP contribution is -2.30. The SMILES string of the molecule is CNc1nc(-c2ccccc2)nc(N2CCCc3c(C(=O)NCc4ccc(Cl)cc4Cl)cccc32)n1. The van der Waals surface area contributed by atoms with Gasteiger partial charge in [0.25, 0.3) is 5.91 Å². The van der Waals surface area contributed by atoms with Gasteiger partial charge in [-0.2, -0.15) is 15.0 Å². The third-order valence-electron chi connectivity index (χ3n) is 6.07. The summed E-state index contributed by atoms with van der Waals surface area (Å²) in [6, 6.07) is 20.8. The molecule has 1 aliphatic rings. The Labute approximate surface area is 219 Å². The molecule has 5 rings (SSSR count). The van der Waals surface area contributed by atoms with Crippen LogP contribution in [0.15, 0.2) is 66.7 Å². The fraction of sp³-hybridized carbons (Fsp3) is 0.185. The van der Waals surface area contributed by atoms with Gasteiger partial charge in [0.2, 0.25) is 11.9 Å². The molecule has 0 aliphatic carbocycles. The highest BCUT2D eigenvalue weighted by Gasteiger charge is 2.25. The molecule has 0 atom stereocenters. The van der Waals surface area contributed by atoms with Crippen molar-refractivity contribution in [1.29, 1.82) is 0 Å². The highest BCUT2D eigenvalue weighted by Crippen LogP contribution is 2.35. The molecular formula is C27H24Cl2N6O. The third kappa shape index (κ3) is 4.98. The molecule has 0 unspecified atom stereocenters. The second kappa shape index (κ2) is 10.5. The summed E-state index contributed by atoms with van der Waals surface area (Å²) < 4.78 is 0. The van der Waals surface area contributed by atoms with Crippen LogP contribution >= 0.6 is 23.2 Å². The molecule has 2 N–H and O–H groups in total. The average molecular weight is 519 g/mol. The summed E-state index contributed by atoms with van der Waals surface area (Å²) in [5.74, 6) is 1.46. The van der Waals surface area contributed by atoms with Gasteiger partial charge in [0, 0.05) is 47.0 Å². The van der Waals surface area contributed by atoms with Crippen molar-refractivity contribution in [2.75, 3.05) is 23.8 Å². The van der Waals surface area contributed by atoms with Gasteiger partial charge >= 0.3 is 0 Å². The van der Waals surface area contributed by atoms with Crippen molar-refractivity contribution in [2.24, 2.45) is 0 Å². The number of carbonyl (C=O) groups excluding carboxylic acids is 1. The number of nitrogens with one attached hydrogen (secondary N) is 2. The maximum absolute atomic E-state index is 13.2. The summed E-state index contributed by atoms with van der Waals surface area (Å²) in [5.41, 5.74) is 4.23. The van der Waals surface area contributed by atoms with Crippen molar-refractivity contribution in [1.82, 2.24) is 20.3 Å². The summed E-state index contributed by atoms with van der Waals surface area (Å²) in [5, 5.41) is 7.11. The molecule has 36 heavy (non-hydrogen) atoms. The molecule has 1 aromatic heterocycles. The Kier molecular flexibility index (Phi) is 7.02. The van der Waals surface area contributed by atoms with Gasteiger partial charge in [-0.25, -0.2) is 0 Å². The van der Waals surface area contributed by atoms with E-state index in [2.05, 4.69) is 25.5 Å². The Morgan fingerprint density at radius 2 is 1.83 bits per heavy atom. The van der Waals surface area contributed by atoms with Crippen LogP contribution in [0.4, 0.5) is 17.6 Å². The van der Waals surface area contributed by atoms with Crippen LogP contribution in [0, 0.1) is 0 Å². The van der Waals surface area contributed by atoms with Gasteiger partial charge in [0.05, 0.1) is 0 Å². The molecule has 3 aromatic carbocycles. The van der Waals surface area contributed by atoms with Gasteiger partial charge < -0.3 is 15.5 Å². The first-order valence-corrected chi connectivity index (χ1v) is 12.4. The Morgan fingerprint density at radius 3 is 2.61 bits per heavy atom. The lowest BCUT2D eigenvalue weighted by atomic mass is 9.96. The van der Waals surface area contributed by atoms with Gasteiger partial charge in [-0.15, -0.1) is 0 Å². The molecule has 182 valence electrons. The number of nitrogens with zero attached hydrogens (tertiary/aromatic N) is 4. The topological polar surface area (TPSA) is 83.0 Å². The minimum Gasteiger partial charge on any atom is -0.357 e. The number of anilines is 3. The fourth-order valence-corrected chi connectivity index (χ4v) is 4.77. The number of hydrogen-bond donors (Lipinski definition) is 2. The van der Waals surface area contributed by atoms with E-state index in [9.17, 15) is 4.79 Å². The zero-order chi connectivity index (χ0) is 25.1. The van der Waals surface area contributed by atoms with Crippen molar-refractivity contribution >= 4 is 46.7 Å². The van der Waals surface area contributed by atoms with Crippen LogP contribution in [0.25, 0.3) is 11.4 Å². The third-order valence-corrected chi connectivity index (χ3v) is 6.66. The average Bonchev–Trinajstić information content (AvgIpc) is 2.92. The van der Waals surface area contributed by atoms with E-state index in [-0.39, 0.29) is 5.91 Å². The van der Waals surface area contributed by atoms with Crippen LogP contribution in [0.2, 0.25) is 10.0 Å². The number of aromatic nitrogens is 3. The number of rotatable bonds is 6. The summed E-state index contributed by atoms with van der Waals surface area (Å²) in [6.45, 7) is 1.04. The summed E-state index contributed by atoms with van der Waals surface area (Å²) in [4.78, 5) is 29.2. The van der Waals surface area contributed by atoms with E-state index in [1.54, 1.807) is 19.2 Å². The first-order valence-electron chi connectivity index (χ1n) is 11.6. The summed E-state index contributed by atoms with van der Waals surface area (Å²) in [6.07, 6.45) is 1.65. The largest absolute Gasteiger partial charge is 0.357 e. The predicted molar refractivity (Wildman–Crippen MR) is 144 cm³/mol. The maximum atomic E-state index is 13.2. The standard InChI is InChI=1S/C27H24Cl2N6O/c1-30-26-32-24(17-7-3-2-4-8-17)33-27(34-26)35-14-6-10-20-21(9-5-11-23(20)35)25(36)31-16-18-12-13-19(28)15-22(18)29/h2-5,7-9,11-13,15H,6,10,14,16H2,1H3,(H,31,36)(H,30,32,33,34). The van der Waals surface area contributed by atoms with Gasteiger partial charge in [-0.1, -0.05) is 65.7 Å². The molecule has 2 heterocycles. The van der Waals surface area contributed by atoms with E-state index >= 15 is 0 Å². The smallest absolute Gasteiger partial charge is 0.251 e. The van der Waals surface area contributed by atoms with Crippen LogP contribution in [0.1, 0.15) is 27.9 Å². The van der Waals surface area contributed by atoms with Gasteiger partial charge in [-0.3, -0.25) is 4.79 Å². The van der Waals surface area contributed by atoms with Crippen LogP contribution in [0.5, 0.6) is 0 Å². The summed E-state index contributed by atoms with van der Waals surface area (Å²) in [7, 11) is 1.79. The molecule has 7 nitrogen and oxygen atoms in total. The molecule has 1 amide bonds. The molecule has 0 spiro atoms. The normalized spacial score (nSPS) is 12.7. The lowest BCUT2D eigenvalue weighted by Gasteiger charge is -2.31. The highest BCUT2D eigenvalue weighted by molar-refractivity contribution is 6.35. The Balaban J connectivity index is 1.45. The fourth-order valence-electron chi connectivity index (χ4n) is 4.29. The molecule has 1 aliphatic heterocycles. The molecule has 0 saturated heterocycles. The number of halogens is 2. The van der Waals surface area contributed by atoms with Crippen molar-refractivity contribution < 1.29 is 4.79 Å². The number of carbonyl (C=O) groups is 1. The van der Waals surface area contributed by atoms with Crippen molar-refractivity contribution in [3.63, 3.8) is 0 Å². The second-order valence-electron chi connectivity index (χ2n) is 8.38. The first kappa shape index (κ1) is 24.0. The van der Waals surface area contributed by atoms with Gasteiger partial charge in [0.1, 0.15) is 0 Å². The monoisotopic (exact) mass is 518 g/mol. The number of amides is 1. The van der Waals surface area contributed by atoms with E-state index in [0.29, 0.717) is 39.9 Å². The maximum Gasteiger partial charge on any atom is 0.251 e. The van der Waals surface area contributed by atoms with Gasteiger partial charge in [-0.05, 0) is 48.2 Å². The van der Waals surface area contributed by atoms with Crippen LogP contribution < -0.4 is 15.5 Å². The quantitative estimate of drug-likeness (QED) is 0.330. The Morgan fingerprint density at radius 1 is 1.00 bits per heavy atom. The number of hydrogen-bond acceptors (Lipinski definition) is 6. The van der Waals surface area contributed by atoms with Crippen molar-refractivity contribution in [2.45, 2.75) is 19.4 Å². The zero-order valence-corrected chi connectivity index (χ0v) is 21.1. The molecule has 0 radical (unpaired) electrons. The second-order valence-corrected chi connectivity index (χ2v) is 9.22. The summed E-state index contributed by atoms with van der Waals surface area (Å²) >= 11 is 12.3. The molecule has 0 fully saturated rings. The first-order chi connectivity index (χ1) is 17.5. The lowest BCUT2D eigenvalue weighted by molar-refractivity contribution is 0.0950. The van der Waals surface area contributed by atoms with Crippen molar-refractivity contribution in [3.8, 4) is 11.4 Å². The van der Waals surface area contributed by atoms with Crippen molar-refractivity contribution in [3.05, 3.63) is 93.5 Å². The number of fused-ring (bicyclic) bond motifs is 1. The minimum absolute atomic E-state index is 0.156. The molecular weight excluding hydrogens is 495 g/mol. The van der Waals surface area contributed by atoms with E-state index in [4.69, 9.17) is 28.2 Å². The number of benzene rings is 3. The van der Waals surface area contributed by atoms with Crippen LogP contribution in [0.3, 0.4) is 0 Å².